The van der Waals surface area contributed by atoms with Crippen molar-refractivity contribution < 1.29 is 57.1 Å². The monoisotopic (exact) mass is 1170 g/mol. The predicted octanol–water partition coefficient (Wildman–Crippen LogP) is 10.7. The Kier molecular flexibility index (Phi) is 20.2. The fourth-order valence-electron chi connectivity index (χ4n) is 11.2. The lowest BCUT2D eigenvalue weighted by Crippen LogP contribution is -2.57. The zero-order valence-electron chi connectivity index (χ0n) is 48.2. The summed E-state index contributed by atoms with van der Waals surface area (Å²) in [6.45, 7) is 18.4. The molecule has 5 amide bonds. The van der Waals surface area contributed by atoms with Crippen molar-refractivity contribution in [2.24, 2.45) is 5.92 Å². The Hall–Kier alpha value is -8.06. The number of hydrogen-bond acceptors (Lipinski definition) is 13. The second-order valence-corrected chi connectivity index (χ2v) is 22.0. The van der Waals surface area contributed by atoms with Gasteiger partial charge in [-0.2, -0.15) is 0 Å². The maximum atomic E-state index is 14.6. The van der Waals surface area contributed by atoms with Crippen LogP contribution < -0.4 is 40.0 Å². The van der Waals surface area contributed by atoms with Crippen molar-refractivity contribution in [3.8, 4) is 17.2 Å². The van der Waals surface area contributed by atoms with Gasteiger partial charge in [-0.3, -0.25) is 19.2 Å². The van der Waals surface area contributed by atoms with Crippen LogP contribution in [-0.4, -0.2) is 111 Å². The fourth-order valence-corrected chi connectivity index (χ4v) is 11.5. The molecule has 4 aliphatic heterocycles. The van der Waals surface area contributed by atoms with E-state index in [1.165, 1.54) is 18.1 Å². The van der Waals surface area contributed by atoms with E-state index in [9.17, 15) is 24.0 Å². The van der Waals surface area contributed by atoms with E-state index in [0.717, 1.165) is 64.4 Å². The molecule has 19 heteroatoms. The van der Waals surface area contributed by atoms with Crippen molar-refractivity contribution in [2.75, 3.05) is 61.0 Å². The summed E-state index contributed by atoms with van der Waals surface area (Å²) in [5, 5.41) is 10.5. The molecule has 0 aliphatic carbocycles. The summed E-state index contributed by atoms with van der Waals surface area (Å²) in [6.07, 6.45) is 5.69. The van der Waals surface area contributed by atoms with Crippen molar-refractivity contribution in [3.63, 3.8) is 0 Å². The number of amides is 5. The van der Waals surface area contributed by atoms with E-state index >= 15 is 0 Å². The Morgan fingerprint density at radius 2 is 1.49 bits per heavy atom. The third-order valence-corrected chi connectivity index (χ3v) is 15.9. The number of halogens is 1. The molecule has 5 aromatic rings. The van der Waals surface area contributed by atoms with Gasteiger partial charge < -0.3 is 58.9 Å². The minimum absolute atomic E-state index is 0.0545. The third-order valence-electron chi connectivity index (χ3n) is 15.5. The summed E-state index contributed by atoms with van der Waals surface area (Å²) in [7, 11) is 1.50. The van der Waals surface area contributed by atoms with Crippen molar-refractivity contribution in [1.82, 2.24) is 15.5 Å². The molecule has 4 heterocycles. The molecule has 5 aromatic carbocycles. The minimum Gasteiger partial charge on any atom is -0.493 e. The lowest BCUT2D eigenvalue weighted by atomic mass is 9.95. The van der Waals surface area contributed by atoms with Gasteiger partial charge in [-0.25, -0.2) is 9.69 Å². The average molecular weight is 1170 g/mol. The first-order valence-electron chi connectivity index (χ1n) is 28.7. The summed E-state index contributed by atoms with van der Waals surface area (Å²) >= 11 is 6.68. The number of carbonyl (C=O) groups excluding carboxylic acids is 5. The van der Waals surface area contributed by atoms with Crippen LogP contribution in [0.25, 0.3) is 10.8 Å². The molecule has 444 valence electrons. The Balaban J connectivity index is 0.885. The molecule has 6 atom stereocenters. The third kappa shape index (κ3) is 13.9. The maximum absolute atomic E-state index is 14.6. The molecule has 0 bridgehead atoms. The van der Waals surface area contributed by atoms with Crippen molar-refractivity contribution >= 4 is 69.2 Å². The molecule has 18 nitrogen and oxygen atoms in total. The Bertz CT molecular complexity index is 3240. The number of methoxy groups -OCH3 is 1. The fraction of sp³-hybridized carbons (Fsp3) is 0.400. The van der Waals surface area contributed by atoms with E-state index in [2.05, 4.69) is 35.7 Å². The maximum Gasteiger partial charge on any atom is 0.416 e. The van der Waals surface area contributed by atoms with Gasteiger partial charge >= 0.3 is 6.09 Å². The molecule has 3 unspecified atom stereocenters. The van der Waals surface area contributed by atoms with E-state index in [1.807, 2.05) is 80.6 Å². The molecular formula is C65H75ClN6O12. The molecule has 2 fully saturated rings. The Morgan fingerprint density at radius 3 is 2.21 bits per heavy atom. The lowest BCUT2D eigenvalue weighted by molar-refractivity contribution is -0.198. The van der Waals surface area contributed by atoms with Gasteiger partial charge in [-0.1, -0.05) is 99.8 Å². The number of nitrogens with zero attached hydrogens (tertiary/aromatic N) is 3. The van der Waals surface area contributed by atoms with Crippen molar-refractivity contribution in [1.29, 1.82) is 0 Å². The number of benzene rings is 5. The number of hydrogen-bond donors (Lipinski definition) is 3. The predicted molar refractivity (Wildman–Crippen MR) is 322 cm³/mol. The molecule has 0 saturated carbocycles. The zero-order valence-corrected chi connectivity index (χ0v) is 49.0. The first-order chi connectivity index (χ1) is 40.7. The largest absolute Gasteiger partial charge is 0.493 e. The van der Waals surface area contributed by atoms with Crippen LogP contribution in [0.3, 0.4) is 0 Å². The van der Waals surface area contributed by atoms with E-state index in [4.69, 9.17) is 44.8 Å². The van der Waals surface area contributed by atoms with Crippen LogP contribution in [0.15, 0.2) is 129 Å². The zero-order chi connectivity index (χ0) is 59.4. The van der Waals surface area contributed by atoms with Gasteiger partial charge in [0.2, 0.25) is 17.7 Å². The average Bonchev–Trinajstić information content (AvgIpc) is 2.06. The molecule has 2 saturated heterocycles. The smallest absolute Gasteiger partial charge is 0.416 e. The Labute approximate surface area is 496 Å². The van der Waals surface area contributed by atoms with Crippen LogP contribution >= 0.6 is 11.6 Å². The quantitative estimate of drug-likeness (QED) is 0.0300. The number of nitrogens with one attached hydrogen (secondary N) is 3. The number of ether oxygens (including phenoxy) is 7. The number of carbonyl (C=O) groups is 5. The van der Waals surface area contributed by atoms with E-state index < -0.39 is 42.6 Å². The standard InChI is InChI=1S/C65H75ClN6O12/c1-8-28-79-42(6)68-60(40(3)4)62(75)67-41(5)61(74)69-47-25-23-43(24-26-47)38-82-54-35-53-59(49-20-11-10-19-48(49)54)46(36-66)37-71(53)57(73)32-44-17-16-18-45(31-44)39-83-56-34-52-50(33-55(56)78-7)63(76)70-27-14-12-21-51(70)64(72(52)65(77)81-29-9-2)84-58-22-13-15-30-80-58/h8-11,16-20,23-26,31,33-35,40-41,46,51,58,60,64,68H,1-2,6,12-15,21-22,27-30,32,36-39H2,3-5,7H3,(H,67,75)(H,69,74)/t41-,46+,51-,58?,60?,64?/m0/s1. The highest BCUT2D eigenvalue weighted by Gasteiger charge is 2.47. The summed E-state index contributed by atoms with van der Waals surface area (Å²) < 4.78 is 42.7. The highest BCUT2D eigenvalue weighted by atomic mass is 35.5. The van der Waals surface area contributed by atoms with Crippen LogP contribution in [0.2, 0.25) is 0 Å². The van der Waals surface area contributed by atoms with Crippen LogP contribution in [0.5, 0.6) is 17.2 Å². The molecule has 3 N–H and O–H groups in total. The summed E-state index contributed by atoms with van der Waals surface area (Å²) in [5.41, 5.74) is 5.12. The number of anilines is 3. The van der Waals surface area contributed by atoms with E-state index in [-0.39, 0.29) is 85.3 Å². The number of alkyl halides is 1. The van der Waals surface area contributed by atoms with Crippen LogP contribution in [0.1, 0.15) is 97.8 Å². The SMILES string of the molecule is C=CCOC(=C)NC(C(=O)N[C@@H](C)C(=O)Nc1ccc(COc2cc3c(c4ccccc24)[C@H](CCl)CN3C(=O)Cc2cccc(COc3cc4c(cc3OC)C(=O)N3CCCC[C@H]3C(OC3CCCCO3)N4C(=O)OCC=C)c2)cc1)C(C)C. The molecule has 0 aromatic heterocycles. The molecular weight excluding hydrogens is 1090 g/mol. The van der Waals surface area contributed by atoms with Gasteiger partial charge in [-0.05, 0) is 104 Å². The second kappa shape index (κ2) is 28.0. The van der Waals surface area contributed by atoms with Gasteiger partial charge in [0.05, 0.1) is 36.5 Å². The van der Waals surface area contributed by atoms with Gasteiger partial charge in [0.25, 0.3) is 5.91 Å². The molecule has 0 radical (unpaired) electrons. The first-order valence-corrected chi connectivity index (χ1v) is 29.2. The van der Waals surface area contributed by atoms with Crippen LogP contribution in [-0.2, 0) is 53.0 Å². The second-order valence-electron chi connectivity index (χ2n) is 21.7. The lowest BCUT2D eigenvalue weighted by Gasteiger charge is -2.42. The highest BCUT2D eigenvalue weighted by molar-refractivity contribution is 6.19. The summed E-state index contributed by atoms with van der Waals surface area (Å²) in [6, 6.07) is 26.0. The normalized spacial score (nSPS) is 18.9. The first kappa shape index (κ1) is 60.5. The molecule has 0 spiro atoms. The topological polar surface area (TPSA) is 196 Å². The minimum atomic E-state index is -0.915. The Morgan fingerprint density at radius 1 is 0.774 bits per heavy atom. The number of fused-ring (bicyclic) bond motifs is 5. The number of piperidine rings is 1. The molecule has 9 rings (SSSR count). The highest BCUT2D eigenvalue weighted by Crippen LogP contribution is 2.47. The van der Waals surface area contributed by atoms with Gasteiger partial charge in [0.15, 0.2) is 29.9 Å². The number of rotatable bonds is 24. The van der Waals surface area contributed by atoms with E-state index in [1.54, 1.807) is 47.1 Å². The van der Waals surface area contributed by atoms with Crippen molar-refractivity contribution in [3.05, 3.63) is 157 Å². The molecule has 84 heavy (non-hydrogen) atoms. The van der Waals surface area contributed by atoms with Gasteiger partial charge in [0.1, 0.15) is 44.3 Å². The molecule has 4 aliphatic rings. The summed E-state index contributed by atoms with van der Waals surface area (Å²) in [5.74, 6) is 0.308. The van der Waals surface area contributed by atoms with Crippen LogP contribution in [0.4, 0.5) is 21.9 Å². The van der Waals surface area contributed by atoms with Gasteiger partial charge in [-0.15, -0.1) is 11.6 Å². The van der Waals surface area contributed by atoms with E-state index in [0.29, 0.717) is 55.6 Å². The van der Waals surface area contributed by atoms with Crippen molar-refractivity contribution in [2.45, 2.75) is 115 Å². The summed E-state index contributed by atoms with van der Waals surface area (Å²) in [4.78, 5) is 74.8. The van der Waals surface area contributed by atoms with Crippen LogP contribution in [0, 0.1) is 5.92 Å². The van der Waals surface area contributed by atoms with Gasteiger partial charge in [0, 0.05) is 54.7 Å².